The summed E-state index contributed by atoms with van der Waals surface area (Å²) in [5, 5.41) is 17.1. The molecule has 0 radical (unpaired) electrons. The van der Waals surface area contributed by atoms with Gasteiger partial charge in [0.15, 0.2) is 0 Å². The molecule has 0 saturated carbocycles. The molecule has 4 heteroatoms. The van der Waals surface area contributed by atoms with Gasteiger partial charge < -0.3 is 14.9 Å². The minimum absolute atomic E-state index is 0.0741. The summed E-state index contributed by atoms with van der Waals surface area (Å²) in [4.78, 5) is 10.2. The largest absolute Gasteiger partial charge is 0.508 e. The van der Waals surface area contributed by atoms with Crippen LogP contribution < -0.4 is 4.74 Å². The number of aromatic carboxylic acids is 1. The van der Waals surface area contributed by atoms with Crippen LogP contribution in [0, 0.1) is 0 Å². The van der Waals surface area contributed by atoms with Crippen LogP contribution in [0.2, 0.25) is 0 Å². The fraction of sp³-hybridized carbons (Fsp3) is 0.296. The van der Waals surface area contributed by atoms with E-state index in [2.05, 4.69) is 55.5 Å². The van der Waals surface area contributed by atoms with Crippen LogP contribution in [0.4, 0.5) is 0 Å². The van der Waals surface area contributed by atoms with E-state index in [1.807, 2.05) is 6.07 Å². The quantitative estimate of drug-likeness (QED) is 0.341. The van der Waals surface area contributed by atoms with Gasteiger partial charge in [-0.25, -0.2) is 4.79 Å². The fourth-order valence-electron chi connectivity index (χ4n) is 3.05. The zero-order valence-corrected chi connectivity index (χ0v) is 18.2. The highest BCUT2D eigenvalue weighted by Crippen LogP contribution is 2.22. The lowest BCUT2D eigenvalue weighted by atomic mass is 10.1. The van der Waals surface area contributed by atoms with Crippen LogP contribution in [0.15, 0.2) is 78.9 Å². The average Bonchev–Trinajstić information content (AvgIpc) is 2.80. The second-order valence-electron chi connectivity index (χ2n) is 7.36. The molecule has 0 saturated heterocycles. The van der Waals surface area contributed by atoms with Crippen LogP contribution in [-0.4, -0.2) is 22.8 Å². The van der Waals surface area contributed by atoms with E-state index >= 15 is 0 Å². The first-order chi connectivity index (χ1) is 15.1. The van der Waals surface area contributed by atoms with Crippen molar-refractivity contribution in [3.63, 3.8) is 0 Å². The monoisotopic (exact) mass is 420 g/mol. The molecule has 3 aromatic carbocycles. The molecule has 0 unspecified atom stereocenters. The van der Waals surface area contributed by atoms with Crippen LogP contribution >= 0.6 is 0 Å². The van der Waals surface area contributed by atoms with Gasteiger partial charge in [-0.2, -0.15) is 0 Å². The SMILES string of the molecule is CCCCCCCCOc1ccc(-c2ccccc2)cc1.O=C(O)c1ccc(O)cc1. The van der Waals surface area contributed by atoms with Crippen molar-refractivity contribution < 1.29 is 19.7 Å². The average molecular weight is 421 g/mol. The van der Waals surface area contributed by atoms with Gasteiger partial charge >= 0.3 is 5.97 Å². The zero-order chi connectivity index (χ0) is 22.3. The summed E-state index contributed by atoms with van der Waals surface area (Å²) < 4.78 is 5.80. The number of ether oxygens (including phenoxy) is 1. The smallest absolute Gasteiger partial charge is 0.335 e. The van der Waals surface area contributed by atoms with E-state index in [1.54, 1.807) is 0 Å². The third kappa shape index (κ3) is 9.39. The van der Waals surface area contributed by atoms with E-state index in [-0.39, 0.29) is 11.3 Å². The number of phenols is 1. The number of phenolic OH excluding ortho intramolecular Hbond substituents is 1. The Balaban J connectivity index is 0.000000285. The number of unbranched alkanes of at least 4 members (excludes halogenated alkanes) is 5. The van der Waals surface area contributed by atoms with Crippen LogP contribution in [-0.2, 0) is 0 Å². The van der Waals surface area contributed by atoms with E-state index in [4.69, 9.17) is 14.9 Å². The van der Waals surface area contributed by atoms with E-state index in [0.717, 1.165) is 18.8 Å². The molecule has 0 aliphatic rings. The molecule has 3 rings (SSSR count). The van der Waals surface area contributed by atoms with Gasteiger partial charge in [-0.1, -0.05) is 81.5 Å². The summed E-state index contributed by atoms with van der Waals surface area (Å²) in [5.41, 5.74) is 2.67. The number of hydrogen-bond acceptors (Lipinski definition) is 3. The Bertz CT molecular complexity index is 871. The molecule has 0 spiro atoms. The minimum atomic E-state index is -0.986. The summed E-state index contributed by atoms with van der Waals surface area (Å²) in [5.74, 6) is 0.0632. The number of carboxylic acids is 1. The Labute approximate surface area is 185 Å². The lowest BCUT2D eigenvalue weighted by molar-refractivity contribution is 0.0697. The zero-order valence-electron chi connectivity index (χ0n) is 18.2. The maximum Gasteiger partial charge on any atom is 0.335 e. The Morgan fingerprint density at radius 2 is 1.32 bits per heavy atom. The Hall–Kier alpha value is -3.27. The van der Waals surface area contributed by atoms with E-state index < -0.39 is 5.97 Å². The molecule has 0 amide bonds. The molecular formula is C27H32O4. The Kier molecular flexibility index (Phi) is 10.7. The summed E-state index contributed by atoms with van der Waals surface area (Å²) in [6.45, 7) is 3.08. The highest BCUT2D eigenvalue weighted by atomic mass is 16.5. The molecule has 0 atom stereocenters. The summed E-state index contributed by atoms with van der Waals surface area (Å²) in [6, 6.07) is 24.2. The third-order valence-corrected chi connectivity index (χ3v) is 4.84. The van der Waals surface area contributed by atoms with Crippen molar-refractivity contribution >= 4 is 5.97 Å². The molecule has 0 aliphatic heterocycles. The van der Waals surface area contributed by atoms with Gasteiger partial charge in [0.2, 0.25) is 0 Å². The number of rotatable bonds is 10. The molecule has 4 nitrogen and oxygen atoms in total. The fourth-order valence-corrected chi connectivity index (χ4v) is 3.05. The number of benzene rings is 3. The summed E-state index contributed by atoms with van der Waals surface area (Å²) >= 11 is 0. The first kappa shape index (κ1) is 24.0. The Morgan fingerprint density at radius 1 is 0.742 bits per heavy atom. The predicted molar refractivity (Wildman–Crippen MR) is 126 cm³/mol. The Morgan fingerprint density at radius 3 is 1.94 bits per heavy atom. The lowest BCUT2D eigenvalue weighted by Crippen LogP contribution is -1.97. The molecule has 3 aromatic rings. The van der Waals surface area contributed by atoms with Crippen LogP contribution in [0.5, 0.6) is 11.5 Å². The minimum Gasteiger partial charge on any atom is -0.508 e. The van der Waals surface area contributed by atoms with Crippen molar-refractivity contribution in [2.24, 2.45) is 0 Å². The number of hydrogen-bond donors (Lipinski definition) is 2. The second-order valence-corrected chi connectivity index (χ2v) is 7.36. The topological polar surface area (TPSA) is 66.8 Å². The molecule has 0 heterocycles. The molecule has 2 N–H and O–H groups in total. The van der Waals surface area contributed by atoms with Crippen molar-refractivity contribution in [1.29, 1.82) is 0 Å². The maximum atomic E-state index is 10.2. The lowest BCUT2D eigenvalue weighted by Gasteiger charge is -2.07. The first-order valence-corrected chi connectivity index (χ1v) is 10.9. The van der Waals surface area contributed by atoms with E-state index in [1.165, 1.54) is 67.5 Å². The number of carbonyl (C=O) groups is 1. The van der Waals surface area contributed by atoms with Crippen LogP contribution in [0.25, 0.3) is 11.1 Å². The third-order valence-electron chi connectivity index (χ3n) is 4.84. The van der Waals surface area contributed by atoms with E-state index in [9.17, 15) is 4.79 Å². The van der Waals surface area contributed by atoms with Crippen molar-refractivity contribution in [3.05, 3.63) is 84.4 Å². The van der Waals surface area contributed by atoms with Crippen LogP contribution in [0.1, 0.15) is 55.8 Å². The van der Waals surface area contributed by atoms with Crippen molar-refractivity contribution in [2.75, 3.05) is 6.61 Å². The standard InChI is InChI=1S/C20H26O.C7H6O3/c1-2-3-4-5-6-10-17-21-20-15-13-19(14-16-20)18-11-8-7-9-12-18;8-6-3-1-5(2-4-6)7(9)10/h7-9,11-16H,2-6,10,17H2,1H3;1-4,8H,(H,9,10). The van der Waals surface area contributed by atoms with Crippen molar-refractivity contribution in [3.8, 4) is 22.6 Å². The van der Waals surface area contributed by atoms with Gasteiger partial charge in [0.25, 0.3) is 0 Å². The van der Waals surface area contributed by atoms with Gasteiger partial charge in [0.05, 0.1) is 12.2 Å². The first-order valence-electron chi connectivity index (χ1n) is 10.9. The summed E-state index contributed by atoms with van der Waals surface area (Å²) in [7, 11) is 0. The molecule has 0 aromatic heterocycles. The number of carboxylic acid groups (broad SMARTS) is 1. The predicted octanol–water partition coefficient (Wildman–Crippen LogP) is 7.18. The van der Waals surface area contributed by atoms with Gasteiger partial charge in [-0.05, 0) is 53.9 Å². The summed E-state index contributed by atoms with van der Waals surface area (Å²) in [6.07, 6.45) is 7.81. The number of aromatic hydroxyl groups is 1. The molecule has 0 bridgehead atoms. The molecule has 31 heavy (non-hydrogen) atoms. The second kappa shape index (κ2) is 13.9. The van der Waals surface area contributed by atoms with Gasteiger partial charge in [0.1, 0.15) is 11.5 Å². The highest BCUT2D eigenvalue weighted by molar-refractivity contribution is 5.87. The molecule has 164 valence electrons. The molecule has 0 fully saturated rings. The normalized spacial score (nSPS) is 10.1. The van der Waals surface area contributed by atoms with Crippen LogP contribution in [0.3, 0.4) is 0 Å². The maximum absolute atomic E-state index is 10.2. The van der Waals surface area contributed by atoms with Crippen molar-refractivity contribution in [2.45, 2.75) is 45.4 Å². The molecule has 0 aliphatic carbocycles. The highest BCUT2D eigenvalue weighted by Gasteiger charge is 2.00. The molecular weight excluding hydrogens is 388 g/mol. The van der Waals surface area contributed by atoms with Gasteiger partial charge in [0, 0.05) is 0 Å². The van der Waals surface area contributed by atoms with Crippen molar-refractivity contribution in [1.82, 2.24) is 0 Å². The van der Waals surface area contributed by atoms with Gasteiger partial charge in [-0.3, -0.25) is 0 Å². The van der Waals surface area contributed by atoms with Gasteiger partial charge in [-0.15, -0.1) is 0 Å². The van der Waals surface area contributed by atoms with E-state index in [0.29, 0.717) is 0 Å².